The zero-order valence-corrected chi connectivity index (χ0v) is 15.0. The van der Waals surface area contributed by atoms with Crippen LogP contribution in [0.15, 0.2) is 36.4 Å². The van der Waals surface area contributed by atoms with Crippen LogP contribution in [0, 0.1) is 0 Å². The number of halogens is 2. The molecule has 132 valence electrons. The summed E-state index contributed by atoms with van der Waals surface area (Å²) in [5.74, 6) is 1.45. The fourth-order valence-corrected chi connectivity index (χ4v) is 3.09. The Hall–Kier alpha value is -2.11. The molecule has 2 aromatic rings. The topological polar surface area (TPSA) is 59.6 Å². The van der Waals surface area contributed by atoms with E-state index in [4.69, 9.17) is 32.7 Å². The van der Waals surface area contributed by atoms with Gasteiger partial charge in [-0.3, -0.25) is 0 Å². The third-order valence-electron chi connectivity index (χ3n) is 3.68. The first-order valence-electron chi connectivity index (χ1n) is 7.95. The molecular weight excluding hydrogens is 363 g/mol. The van der Waals surface area contributed by atoms with Crippen molar-refractivity contribution in [3.8, 4) is 11.5 Å². The van der Waals surface area contributed by atoms with Gasteiger partial charge < -0.3 is 20.1 Å². The van der Waals surface area contributed by atoms with Crippen molar-refractivity contribution >= 4 is 29.2 Å². The second-order valence-electron chi connectivity index (χ2n) is 5.62. The molecule has 0 bridgehead atoms. The number of carbonyl (C=O) groups excluding carboxylic acids is 1. The molecule has 2 amide bonds. The number of rotatable bonds is 5. The molecule has 0 aliphatic carbocycles. The van der Waals surface area contributed by atoms with Crippen LogP contribution in [-0.2, 0) is 13.0 Å². The summed E-state index contributed by atoms with van der Waals surface area (Å²) < 4.78 is 11.0. The molecule has 1 aliphatic heterocycles. The predicted octanol–water partition coefficient (Wildman–Crippen LogP) is 3.81. The molecule has 0 aromatic heterocycles. The molecule has 3 rings (SSSR count). The average molecular weight is 381 g/mol. The quantitative estimate of drug-likeness (QED) is 0.828. The maximum Gasteiger partial charge on any atom is 0.315 e. The van der Waals surface area contributed by atoms with Gasteiger partial charge >= 0.3 is 6.03 Å². The van der Waals surface area contributed by atoms with Crippen LogP contribution < -0.4 is 20.1 Å². The van der Waals surface area contributed by atoms with Crippen LogP contribution in [0.4, 0.5) is 4.79 Å². The van der Waals surface area contributed by atoms with Crippen LogP contribution in [0.5, 0.6) is 11.5 Å². The van der Waals surface area contributed by atoms with E-state index >= 15 is 0 Å². The van der Waals surface area contributed by atoms with E-state index in [1.807, 2.05) is 30.3 Å². The minimum absolute atomic E-state index is 0.233. The molecule has 1 heterocycles. The van der Waals surface area contributed by atoms with Gasteiger partial charge in [0.15, 0.2) is 11.5 Å². The molecule has 0 saturated carbocycles. The van der Waals surface area contributed by atoms with Gasteiger partial charge in [-0.1, -0.05) is 29.3 Å². The van der Waals surface area contributed by atoms with Gasteiger partial charge in [-0.05, 0) is 47.9 Å². The zero-order chi connectivity index (χ0) is 17.6. The third-order valence-corrected chi connectivity index (χ3v) is 4.12. The normalized spacial score (nSPS) is 12.6. The van der Waals surface area contributed by atoms with Gasteiger partial charge in [-0.15, -0.1) is 0 Å². The highest BCUT2D eigenvalue weighted by atomic mass is 35.5. The van der Waals surface area contributed by atoms with Crippen LogP contribution in [0.1, 0.15) is 11.1 Å². The summed E-state index contributed by atoms with van der Waals surface area (Å²) in [5, 5.41) is 6.80. The van der Waals surface area contributed by atoms with E-state index in [9.17, 15) is 4.79 Å². The van der Waals surface area contributed by atoms with Crippen LogP contribution >= 0.6 is 23.2 Å². The fraction of sp³-hybridized carbons (Fsp3) is 0.278. The molecule has 0 unspecified atom stereocenters. The molecule has 0 fully saturated rings. The highest BCUT2D eigenvalue weighted by molar-refractivity contribution is 6.34. The summed E-state index contributed by atoms with van der Waals surface area (Å²) in [4.78, 5) is 11.9. The van der Waals surface area contributed by atoms with E-state index < -0.39 is 0 Å². The molecular formula is C18H18Cl2N2O3. The first-order chi connectivity index (χ1) is 12.1. The van der Waals surface area contributed by atoms with E-state index in [2.05, 4.69) is 10.6 Å². The van der Waals surface area contributed by atoms with Crippen LogP contribution in [0.25, 0.3) is 0 Å². The van der Waals surface area contributed by atoms with Crippen molar-refractivity contribution < 1.29 is 14.3 Å². The van der Waals surface area contributed by atoms with E-state index in [0.29, 0.717) is 48.5 Å². The van der Waals surface area contributed by atoms with Crippen molar-refractivity contribution in [1.29, 1.82) is 0 Å². The fourth-order valence-electron chi connectivity index (χ4n) is 2.52. The highest BCUT2D eigenvalue weighted by Crippen LogP contribution is 2.30. The number of nitrogens with one attached hydrogen (secondary N) is 2. The first kappa shape index (κ1) is 17.7. The number of carbonyl (C=O) groups is 1. The van der Waals surface area contributed by atoms with E-state index in [-0.39, 0.29) is 6.03 Å². The second kappa shape index (κ2) is 8.32. The Morgan fingerprint density at radius 2 is 1.64 bits per heavy atom. The molecule has 0 atom stereocenters. The van der Waals surface area contributed by atoms with E-state index in [1.54, 1.807) is 6.07 Å². The number of benzene rings is 2. The Morgan fingerprint density at radius 3 is 2.40 bits per heavy atom. The SMILES string of the molecule is O=C(NCCc1cc(Cl)cc(Cl)c1)NCc1ccc2c(c1)OCCO2. The van der Waals surface area contributed by atoms with Gasteiger partial charge in [0.1, 0.15) is 13.2 Å². The number of hydrogen-bond acceptors (Lipinski definition) is 3. The van der Waals surface area contributed by atoms with Crippen molar-refractivity contribution in [2.45, 2.75) is 13.0 Å². The lowest BCUT2D eigenvalue weighted by molar-refractivity contribution is 0.171. The van der Waals surface area contributed by atoms with Gasteiger partial charge in [0, 0.05) is 23.1 Å². The zero-order valence-electron chi connectivity index (χ0n) is 13.5. The molecule has 2 N–H and O–H groups in total. The van der Waals surface area contributed by atoms with Crippen molar-refractivity contribution in [3.63, 3.8) is 0 Å². The van der Waals surface area contributed by atoms with Crippen LogP contribution in [0.2, 0.25) is 10.0 Å². The van der Waals surface area contributed by atoms with Crippen molar-refractivity contribution in [2.24, 2.45) is 0 Å². The summed E-state index contributed by atoms with van der Waals surface area (Å²) in [6.07, 6.45) is 0.651. The molecule has 0 saturated heterocycles. The Morgan fingerprint density at radius 1 is 0.920 bits per heavy atom. The molecule has 1 aliphatic rings. The Labute approximate surface area is 156 Å². The Balaban J connectivity index is 1.43. The number of amides is 2. The van der Waals surface area contributed by atoms with E-state index in [0.717, 1.165) is 16.9 Å². The van der Waals surface area contributed by atoms with Crippen LogP contribution in [-0.4, -0.2) is 25.8 Å². The van der Waals surface area contributed by atoms with Gasteiger partial charge in [0.25, 0.3) is 0 Å². The van der Waals surface area contributed by atoms with Crippen molar-refractivity contribution in [2.75, 3.05) is 19.8 Å². The monoisotopic (exact) mass is 380 g/mol. The minimum atomic E-state index is -0.233. The maximum absolute atomic E-state index is 11.9. The van der Waals surface area contributed by atoms with Gasteiger partial charge in [-0.25, -0.2) is 4.79 Å². The summed E-state index contributed by atoms with van der Waals surface area (Å²) >= 11 is 11.9. The molecule has 0 radical (unpaired) electrons. The lowest BCUT2D eigenvalue weighted by Crippen LogP contribution is -2.36. The summed E-state index contributed by atoms with van der Waals surface area (Å²) in [6, 6.07) is 10.8. The number of urea groups is 1. The lowest BCUT2D eigenvalue weighted by Gasteiger charge is -2.19. The van der Waals surface area contributed by atoms with E-state index in [1.165, 1.54) is 0 Å². The van der Waals surface area contributed by atoms with Gasteiger partial charge in [0.05, 0.1) is 0 Å². The molecule has 25 heavy (non-hydrogen) atoms. The summed E-state index contributed by atoms with van der Waals surface area (Å²) in [5.41, 5.74) is 1.92. The molecule has 7 heteroatoms. The summed E-state index contributed by atoms with van der Waals surface area (Å²) in [6.45, 7) is 2.00. The molecule has 0 spiro atoms. The molecule has 2 aromatic carbocycles. The number of ether oxygens (including phenoxy) is 2. The highest BCUT2D eigenvalue weighted by Gasteiger charge is 2.12. The van der Waals surface area contributed by atoms with Crippen molar-refractivity contribution in [1.82, 2.24) is 10.6 Å². The second-order valence-corrected chi connectivity index (χ2v) is 6.49. The van der Waals surface area contributed by atoms with Gasteiger partial charge in [0.2, 0.25) is 0 Å². The largest absolute Gasteiger partial charge is 0.486 e. The summed E-state index contributed by atoms with van der Waals surface area (Å²) in [7, 11) is 0. The average Bonchev–Trinajstić information content (AvgIpc) is 2.59. The standard InChI is InChI=1S/C18H18Cl2N2O3/c19-14-7-12(8-15(20)10-14)3-4-21-18(23)22-11-13-1-2-16-17(9-13)25-6-5-24-16/h1-2,7-10H,3-6,11H2,(H2,21,22,23). The lowest BCUT2D eigenvalue weighted by atomic mass is 10.1. The Kier molecular flexibility index (Phi) is 5.89. The number of hydrogen-bond donors (Lipinski definition) is 2. The third kappa shape index (κ3) is 5.18. The first-order valence-corrected chi connectivity index (χ1v) is 8.71. The molecule has 5 nitrogen and oxygen atoms in total. The van der Waals surface area contributed by atoms with Crippen LogP contribution in [0.3, 0.4) is 0 Å². The number of fused-ring (bicyclic) bond motifs is 1. The van der Waals surface area contributed by atoms with Gasteiger partial charge in [-0.2, -0.15) is 0 Å². The van der Waals surface area contributed by atoms with Crippen molar-refractivity contribution in [3.05, 3.63) is 57.6 Å². The Bertz CT molecular complexity index is 748. The maximum atomic E-state index is 11.9. The predicted molar refractivity (Wildman–Crippen MR) is 97.8 cm³/mol. The smallest absolute Gasteiger partial charge is 0.315 e. The minimum Gasteiger partial charge on any atom is -0.486 e.